The molecule has 3 aromatic rings. The zero-order chi connectivity index (χ0) is 22.8. The lowest BCUT2D eigenvalue weighted by Gasteiger charge is -2.24. The molecule has 164 valence electrons. The molecule has 2 N–H and O–H groups in total. The van der Waals surface area contributed by atoms with Crippen molar-refractivity contribution in [1.82, 2.24) is 4.98 Å². The maximum atomic E-state index is 13.7. The summed E-state index contributed by atoms with van der Waals surface area (Å²) in [5, 5.41) is 9.29. The van der Waals surface area contributed by atoms with Gasteiger partial charge in [0.1, 0.15) is 11.6 Å². The Kier molecular flexibility index (Phi) is 6.51. The number of nitrogens with one attached hydrogen (secondary N) is 1. The number of ether oxygens (including phenoxy) is 2. The minimum absolute atomic E-state index is 0.0720. The second-order valence-corrected chi connectivity index (χ2v) is 8.54. The first-order valence-corrected chi connectivity index (χ1v) is 10.1. The fourth-order valence-electron chi connectivity index (χ4n) is 3.45. The van der Waals surface area contributed by atoms with Crippen LogP contribution in [0.4, 0.5) is 4.39 Å². The minimum Gasteiger partial charge on any atom is -0.493 e. The van der Waals surface area contributed by atoms with Crippen LogP contribution in [0.1, 0.15) is 37.6 Å². The van der Waals surface area contributed by atoms with Gasteiger partial charge in [0, 0.05) is 42.5 Å². The highest BCUT2D eigenvalue weighted by molar-refractivity contribution is 5.73. The summed E-state index contributed by atoms with van der Waals surface area (Å²) in [5.74, 6) is 0.730. The van der Waals surface area contributed by atoms with Gasteiger partial charge < -0.3 is 19.6 Å². The topological polar surface area (TPSA) is 71.6 Å². The van der Waals surface area contributed by atoms with Crippen LogP contribution in [-0.4, -0.2) is 23.8 Å². The summed E-state index contributed by atoms with van der Waals surface area (Å²) in [6.07, 6.45) is 0.337. The highest BCUT2D eigenvalue weighted by atomic mass is 19.1. The van der Waals surface area contributed by atoms with E-state index >= 15 is 0 Å². The molecule has 0 unspecified atom stereocenters. The van der Waals surface area contributed by atoms with Gasteiger partial charge in [-0.25, -0.2) is 4.39 Å². The molecule has 3 rings (SSSR count). The number of aromatic amines is 1. The number of benzene rings is 2. The molecule has 1 aromatic heterocycles. The second kappa shape index (κ2) is 8.94. The summed E-state index contributed by atoms with van der Waals surface area (Å²) < 4.78 is 25.2. The van der Waals surface area contributed by atoms with E-state index in [9.17, 15) is 14.3 Å². The SMILES string of the molecule is COc1cc(F)ccc1Oc1cc(C(C)(C)C)cc(C)c1-c1cc(=O)cc(CCO)[nH]1. The molecule has 6 heteroatoms. The maximum Gasteiger partial charge on any atom is 0.182 e. The summed E-state index contributed by atoms with van der Waals surface area (Å²) in [6, 6.07) is 11.1. The van der Waals surface area contributed by atoms with Crippen LogP contribution in [0.15, 0.2) is 47.3 Å². The number of halogens is 1. The van der Waals surface area contributed by atoms with Crippen LogP contribution in [0.5, 0.6) is 17.2 Å². The van der Waals surface area contributed by atoms with Gasteiger partial charge in [-0.05, 0) is 41.7 Å². The average Bonchev–Trinajstić information content (AvgIpc) is 2.68. The molecule has 0 saturated heterocycles. The summed E-state index contributed by atoms with van der Waals surface area (Å²) >= 11 is 0. The second-order valence-electron chi connectivity index (χ2n) is 8.54. The van der Waals surface area contributed by atoms with Gasteiger partial charge in [-0.1, -0.05) is 26.8 Å². The van der Waals surface area contributed by atoms with Crippen molar-refractivity contribution in [1.29, 1.82) is 0 Å². The molecule has 31 heavy (non-hydrogen) atoms. The lowest BCUT2D eigenvalue weighted by Crippen LogP contribution is -2.12. The molecule has 2 aromatic carbocycles. The Bertz CT molecular complexity index is 1150. The number of pyridine rings is 1. The summed E-state index contributed by atoms with van der Waals surface area (Å²) in [7, 11) is 1.45. The Labute approximate surface area is 181 Å². The average molecular weight is 426 g/mol. The van der Waals surface area contributed by atoms with Gasteiger partial charge in [0.05, 0.1) is 12.8 Å². The number of aryl methyl sites for hydroxylation is 1. The zero-order valence-corrected chi connectivity index (χ0v) is 18.5. The third-order valence-corrected chi connectivity index (χ3v) is 5.06. The minimum atomic E-state index is -0.426. The van der Waals surface area contributed by atoms with E-state index in [4.69, 9.17) is 9.47 Å². The Morgan fingerprint density at radius 2 is 1.77 bits per heavy atom. The number of methoxy groups -OCH3 is 1. The van der Waals surface area contributed by atoms with Gasteiger partial charge in [-0.3, -0.25) is 4.79 Å². The van der Waals surface area contributed by atoms with Gasteiger partial charge in [-0.15, -0.1) is 0 Å². The number of aliphatic hydroxyl groups excluding tert-OH is 1. The third kappa shape index (κ3) is 5.14. The van der Waals surface area contributed by atoms with Crippen LogP contribution in [0.2, 0.25) is 0 Å². The number of hydrogen-bond acceptors (Lipinski definition) is 4. The van der Waals surface area contributed by atoms with E-state index in [-0.39, 0.29) is 23.2 Å². The Balaban J connectivity index is 2.24. The van der Waals surface area contributed by atoms with Crippen molar-refractivity contribution in [2.24, 2.45) is 0 Å². The van der Waals surface area contributed by atoms with Gasteiger partial charge >= 0.3 is 0 Å². The predicted octanol–water partition coefficient (Wildman–Crippen LogP) is 5.12. The first-order valence-electron chi connectivity index (χ1n) is 10.1. The standard InChI is InChI=1S/C25H28FNO4/c1-15-10-16(25(2,3)4)11-23(31-21-7-6-17(26)12-22(21)30-5)24(15)20-14-19(29)13-18(27-20)8-9-28/h6-7,10-14,28H,8-9H2,1-5H3,(H,27,29). The predicted molar refractivity (Wildman–Crippen MR) is 120 cm³/mol. The van der Waals surface area contributed by atoms with E-state index in [0.717, 1.165) is 16.7 Å². The Morgan fingerprint density at radius 1 is 1.03 bits per heavy atom. The number of rotatable bonds is 6. The molecular formula is C25H28FNO4. The quantitative estimate of drug-likeness (QED) is 0.575. The van der Waals surface area contributed by atoms with Crippen molar-refractivity contribution >= 4 is 0 Å². The monoisotopic (exact) mass is 425 g/mol. The first kappa shape index (κ1) is 22.6. The van der Waals surface area contributed by atoms with E-state index < -0.39 is 5.82 Å². The van der Waals surface area contributed by atoms with Crippen LogP contribution in [0.3, 0.4) is 0 Å². The van der Waals surface area contributed by atoms with E-state index in [2.05, 4.69) is 31.8 Å². The van der Waals surface area contributed by atoms with E-state index in [1.54, 1.807) is 0 Å². The largest absolute Gasteiger partial charge is 0.493 e. The van der Waals surface area contributed by atoms with Crippen LogP contribution >= 0.6 is 0 Å². The number of H-pyrrole nitrogens is 1. The molecule has 0 aliphatic rings. The lowest BCUT2D eigenvalue weighted by molar-refractivity contribution is 0.298. The Hall–Kier alpha value is -3.12. The number of hydrogen-bond donors (Lipinski definition) is 2. The summed E-state index contributed by atoms with van der Waals surface area (Å²) in [6.45, 7) is 8.20. The van der Waals surface area contributed by atoms with Crippen LogP contribution in [0, 0.1) is 12.7 Å². The van der Waals surface area contributed by atoms with E-state index in [1.165, 1.54) is 37.4 Å². The van der Waals surface area contributed by atoms with Crippen molar-refractivity contribution < 1.29 is 19.0 Å². The van der Waals surface area contributed by atoms with Gasteiger partial charge in [0.2, 0.25) is 0 Å². The molecule has 0 aliphatic heterocycles. The van der Waals surface area contributed by atoms with Gasteiger partial charge in [-0.2, -0.15) is 0 Å². The normalized spacial score (nSPS) is 11.5. The molecule has 0 amide bonds. The van der Waals surface area contributed by atoms with E-state index in [0.29, 0.717) is 29.3 Å². The first-order chi connectivity index (χ1) is 14.6. The maximum absolute atomic E-state index is 13.7. The van der Waals surface area contributed by atoms with Crippen LogP contribution in [-0.2, 0) is 11.8 Å². The highest BCUT2D eigenvalue weighted by Gasteiger charge is 2.21. The zero-order valence-electron chi connectivity index (χ0n) is 18.5. The molecular weight excluding hydrogens is 397 g/mol. The molecule has 0 saturated carbocycles. The van der Waals surface area contributed by atoms with Gasteiger partial charge in [0.25, 0.3) is 0 Å². The summed E-state index contributed by atoms with van der Waals surface area (Å²) in [4.78, 5) is 15.5. The van der Waals surface area contributed by atoms with Crippen molar-refractivity contribution in [3.05, 3.63) is 75.3 Å². The molecule has 0 bridgehead atoms. The van der Waals surface area contributed by atoms with Gasteiger partial charge in [0.15, 0.2) is 16.9 Å². The Morgan fingerprint density at radius 3 is 2.42 bits per heavy atom. The summed E-state index contributed by atoms with van der Waals surface area (Å²) in [5.41, 5.74) is 3.61. The molecule has 5 nitrogen and oxygen atoms in total. The molecule has 0 atom stereocenters. The lowest BCUT2D eigenvalue weighted by atomic mass is 9.84. The third-order valence-electron chi connectivity index (χ3n) is 5.06. The molecule has 1 heterocycles. The van der Waals surface area contributed by atoms with Crippen molar-refractivity contribution in [2.75, 3.05) is 13.7 Å². The van der Waals surface area contributed by atoms with E-state index in [1.807, 2.05) is 13.0 Å². The van der Waals surface area contributed by atoms with Crippen molar-refractivity contribution in [2.45, 2.75) is 39.5 Å². The molecule has 0 fully saturated rings. The fourth-order valence-corrected chi connectivity index (χ4v) is 3.45. The highest BCUT2D eigenvalue weighted by Crippen LogP contribution is 2.41. The van der Waals surface area contributed by atoms with Crippen molar-refractivity contribution in [3.8, 4) is 28.5 Å². The smallest absolute Gasteiger partial charge is 0.182 e. The fraction of sp³-hybridized carbons (Fsp3) is 0.320. The van der Waals surface area contributed by atoms with Crippen molar-refractivity contribution in [3.63, 3.8) is 0 Å². The number of aromatic nitrogens is 1. The molecule has 0 spiro atoms. The van der Waals surface area contributed by atoms with Crippen LogP contribution in [0.25, 0.3) is 11.3 Å². The number of aliphatic hydroxyl groups is 1. The molecule has 0 radical (unpaired) electrons. The van der Waals surface area contributed by atoms with Crippen LogP contribution < -0.4 is 14.9 Å². The molecule has 0 aliphatic carbocycles.